The Morgan fingerprint density at radius 1 is 1.04 bits per heavy atom. The average molecular weight is 360 g/mol. The number of thiophene rings is 1. The van der Waals surface area contributed by atoms with E-state index in [2.05, 4.69) is 21.7 Å². The predicted molar refractivity (Wildman–Crippen MR) is 103 cm³/mol. The van der Waals surface area contributed by atoms with Gasteiger partial charge in [-0.25, -0.2) is 0 Å². The van der Waals surface area contributed by atoms with Crippen molar-refractivity contribution in [1.29, 1.82) is 0 Å². The zero-order chi connectivity index (χ0) is 17.8. The number of hydrogen-bond acceptors (Lipinski definition) is 4. The third kappa shape index (κ3) is 3.58. The smallest absolute Gasteiger partial charge is 0.251 e. The van der Waals surface area contributed by atoms with Crippen LogP contribution in [0.4, 0.5) is 0 Å². The molecule has 0 fully saturated rings. The maximum Gasteiger partial charge on any atom is 0.251 e. The summed E-state index contributed by atoms with van der Waals surface area (Å²) in [7, 11) is 0. The summed E-state index contributed by atoms with van der Waals surface area (Å²) in [4.78, 5) is 16.7. The van der Waals surface area contributed by atoms with Crippen LogP contribution in [0.3, 0.4) is 0 Å². The van der Waals surface area contributed by atoms with E-state index in [1.165, 1.54) is 5.56 Å². The van der Waals surface area contributed by atoms with E-state index in [1.54, 1.807) is 23.8 Å². The standard InChI is InChI=1S/C21H16N2O2S/c24-21(17-6-4-16(5-7-17)18-9-11-26-14-18)23-13-15-3-8-19(22-12-15)20-2-1-10-25-20/h1-12,14H,13H2,(H,23,24). The molecule has 0 bridgehead atoms. The summed E-state index contributed by atoms with van der Waals surface area (Å²) in [5, 5.41) is 7.06. The quantitative estimate of drug-likeness (QED) is 0.545. The molecule has 0 atom stereocenters. The summed E-state index contributed by atoms with van der Waals surface area (Å²) in [5.74, 6) is 0.628. The molecule has 0 spiro atoms. The van der Waals surface area contributed by atoms with Crippen molar-refractivity contribution in [3.05, 3.63) is 88.9 Å². The van der Waals surface area contributed by atoms with Crippen LogP contribution in [0.25, 0.3) is 22.6 Å². The minimum absolute atomic E-state index is 0.100. The lowest BCUT2D eigenvalue weighted by atomic mass is 10.1. The molecular formula is C21H16N2O2S. The Kier molecular flexibility index (Phi) is 4.62. The molecule has 1 N–H and O–H groups in total. The maximum absolute atomic E-state index is 12.3. The fourth-order valence-electron chi connectivity index (χ4n) is 2.63. The molecule has 0 aliphatic heterocycles. The van der Waals surface area contributed by atoms with Crippen molar-refractivity contribution in [2.75, 3.05) is 0 Å². The zero-order valence-corrected chi connectivity index (χ0v) is 14.7. The number of amides is 1. The number of aromatic nitrogens is 1. The van der Waals surface area contributed by atoms with Crippen LogP contribution in [0.15, 0.2) is 82.2 Å². The van der Waals surface area contributed by atoms with Crippen LogP contribution in [-0.2, 0) is 6.54 Å². The number of carbonyl (C=O) groups excluding carboxylic acids is 1. The van der Waals surface area contributed by atoms with E-state index < -0.39 is 0 Å². The lowest BCUT2D eigenvalue weighted by molar-refractivity contribution is 0.0951. The Labute approximate surface area is 155 Å². The fourth-order valence-corrected chi connectivity index (χ4v) is 3.29. The van der Waals surface area contributed by atoms with Gasteiger partial charge in [0.2, 0.25) is 0 Å². The van der Waals surface area contributed by atoms with Gasteiger partial charge in [-0.05, 0) is 63.8 Å². The number of benzene rings is 1. The molecule has 3 heterocycles. The van der Waals surface area contributed by atoms with Gasteiger partial charge in [0.15, 0.2) is 5.76 Å². The Hall–Kier alpha value is -3.18. The first-order valence-corrected chi connectivity index (χ1v) is 9.13. The van der Waals surface area contributed by atoms with E-state index in [1.807, 2.05) is 53.9 Å². The Morgan fingerprint density at radius 2 is 1.92 bits per heavy atom. The lowest BCUT2D eigenvalue weighted by Gasteiger charge is -2.06. The van der Waals surface area contributed by atoms with Crippen molar-refractivity contribution in [1.82, 2.24) is 10.3 Å². The minimum Gasteiger partial charge on any atom is -0.463 e. The van der Waals surface area contributed by atoms with E-state index in [0.29, 0.717) is 12.1 Å². The normalized spacial score (nSPS) is 10.6. The molecule has 4 aromatic rings. The summed E-state index contributed by atoms with van der Waals surface area (Å²) < 4.78 is 5.32. The highest BCUT2D eigenvalue weighted by molar-refractivity contribution is 7.08. The molecule has 0 unspecified atom stereocenters. The van der Waals surface area contributed by atoms with Crippen LogP contribution in [0.2, 0.25) is 0 Å². The van der Waals surface area contributed by atoms with Gasteiger partial charge >= 0.3 is 0 Å². The van der Waals surface area contributed by atoms with Crippen molar-refractivity contribution < 1.29 is 9.21 Å². The van der Waals surface area contributed by atoms with Gasteiger partial charge < -0.3 is 9.73 Å². The summed E-state index contributed by atoms with van der Waals surface area (Å²) in [6.45, 7) is 0.427. The maximum atomic E-state index is 12.3. The molecule has 0 aliphatic rings. The summed E-state index contributed by atoms with van der Waals surface area (Å²) in [6.07, 6.45) is 3.37. The first kappa shape index (κ1) is 16.3. The lowest BCUT2D eigenvalue weighted by Crippen LogP contribution is -2.22. The van der Waals surface area contributed by atoms with E-state index in [9.17, 15) is 4.79 Å². The molecule has 0 saturated heterocycles. The highest BCUT2D eigenvalue weighted by atomic mass is 32.1. The number of nitrogens with one attached hydrogen (secondary N) is 1. The van der Waals surface area contributed by atoms with Crippen molar-refractivity contribution in [2.24, 2.45) is 0 Å². The van der Waals surface area contributed by atoms with Crippen LogP contribution >= 0.6 is 11.3 Å². The third-order valence-electron chi connectivity index (χ3n) is 4.05. The Balaban J connectivity index is 1.37. The molecular weight excluding hydrogens is 344 g/mol. The summed E-state index contributed by atoms with van der Waals surface area (Å²) >= 11 is 1.66. The van der Waals surface area contributed by atoms with Crippen molar-refractivity contribution in [3.63, 3.8) is 0 Å². The van der Waals surface area contributed by atoms with Crippen LogP contribution in [0.1, 0.15) is 15.9 Å². The van der Waals surface area contributed by atoms with E-state index in [4.69, 9.17) is 4.42 Å². The second-order valence-electron chi connectivity index (χ2n) is 5.80. The minimum atomic E-state index is -0.100. The van der Waals surface area contributed by atoms with Crippen molar-refractivity contribution in [3.8, 4) is 22.6 Å². The Bertz CT molecular complexity index is 974. The number of nitrogens with zero attached hydrogens (tertiary/aromatic N) is 1. The van der Waals surface area contributed by atoms with Gasteiger partial charge in [0.1, 0.15) is 5.69 Å². The largest absolute Gasteiger partial charge is 0.463 e. The second-order valence-corrected chi connectivity index (χ2v) is 6.58. The molecule has 0 aliphatic carbocycles. The van der Waals surface area contributed by atoms with Crippen molar-refractivity contribution >= 4 is 17.2 Å². The summed E-state index contributed by atoms with van der Waals surface area (Å²) in [6, 6.07) is 17.2. The molecule has 0 saturated carbocycles. The topological polar surface area (TPSA) is 55.1 Å². The molecule has 3 aromatic heterocycles. The molecule has 1 aromatic carbocycles. The molecule has 4 nitrogen and oxygen atoms in total. The molecule has 1 amide bonds. The van der Waals surface area contributed by atoms with Crippen LogP contribution in [0, 0.1) is 0 Å². The third-order valence-corrected chi connectivity index (χ3v) is 4.74. The second kappa shape index (κ2) is 7.37. The molecule has 0 radical (unpaired) electrons. The van der Waals surface area contributed by atoms with E-state index >= 15 is 0 Å². The molecule has 5 heteroatoms. The van der Waals surface area contributed by atoms with Gasteiger partial charge in [0.05, 0.1) is 6.26 Å². The van der Waals surface area contributed by atoms with Gasteiger partial charge in [-0.3, -0.25) is 9.78 Å². The first-order valence-electron chi connectivity index (χ1n) is 8.19. The monoisotopic (exact) mass is 360 g/mol. The highest BCUT2D eigenvalue weighted by Crippen LogP contribution is 2.22. The van der Waals surface area contributed by atoms with E-state index in [-0.39, 0.29) is 5.91 Å². The number of pyridine rings is 1. The Morgan fingerprint density at radius 3 is 2.58 bits per heavy atom. The number of rotatable bonds is 5. The average Bonchev–Trinajstić information content (AvgIpc) is 3.40. The SMILES string of the molecule is O=C(NCc1ccc(-c2ccco2)nc1)c1ccc(-c2ccsc2)cc1. The highest BCUT2D eigenvalue weighted by Gasteiger charge is 2.07. The van der Waals surface area contributed by atoms with E-state index in [0.717, 1.165) is 22.6 Å². The number of furan rings is 1. The number of hydrogen-bond donors (Lipinski definition) is 1. The molecule has 128 valence electrons. The van der Waals surface area contributed by atoms with Crippen molar-refractivity contribution in [2.45, 2.75) is 6.54 Å². The first-order chi connectivity index (χ1) is 12.8. The van der Waals surface area contributed by atoms with Crippen LogP contribution < -0.4 is 5.32 Å². The zero-order valence-electron chi connectivity index (χ0n) is 13.9. The van der Waals surface area contributed by atoms with Gasteiger partial charge in [0.25, 0.3) is 5.91 Å². The predicted octanol–water partition coefficient (Wildman–Crippen LogP) is 5.00. The van der Waals surface area contributed by atoms with Crippen LogP contribution in [-0.4, -0.2) is 10.9 Å². The van der Waals surface area contributed by atoms with Gasteiger partial charge in [0, 0.05) is 18.3 Å². The molecule has 4 rings (SSSR count). The van der Waals surface area contributed by atoms with Gasteiger partial charge in [-0.1, -0.05) is 18.2 Å². The van der Waals surface area contributed by atoms with Gasteiger partial charge in [-0.15, -0.1) is 0 Å². The van der Waals surface area contributed by atoms with Crippen LogP contribution in [0.5, 0.6) is 0 Å². The number of carbonyl (C=O) groups is 1. The van der Waals surface area contributed by atoms with Gasteiger partial charge in [-0.2, -0.15) is 11.3 Å². The summed E-state index contributed by atoms with van der Waals surface area (Å²) in [5.41, 5.74) is 4.63. The molecule has 26 heavy (non-hydrogen) atoms. The fraction of sp³-hybridized carbons (Fsp3) is 0.0476.